The van der Waals surface area contributed by atoms with Crippen molar-refractivity contribution >= 4 is 17.8 Å². The molecule has 0 saturated carbocycles. The van der Waals surface area contributed by atoms with Gasteiger partial charge in [-0.05, 0) is 25.7 Å². The van der Waals surface area contributed by atoms with Crippen molar-refractivity contribution < 1.29 is 24.0 Å². The fourth-order valence-corrected chi connectivity index (χ4v) is 2.28. The van der Waals surface area contributed by atoms with Crippen LogP contribution in [0.3, 0.4) is 0 Å². The van der Waals surface area contributed by atoms with E-state index >= 15 is 0 Å². The van der Waals surface area contributed by atoms with Gasteiger partial charge in [0.25, 0.3) is 5.91 Å². The van der Waals surface area contributed by atoms with Gasteiger partial charge >= 0.3 is 11.9 Å². The van der Waals surface area contributed by atoms with Gasteiger partial charge in [-0.2, -0.15) is 5.48 Å². The van der Waals surface area contributed by atoms with E-state index in [1.54, 1.807) is 0 Å². The standard InChI is InChI=1S/C16H27NO5/c18-14-10-6-4-2-1-3-5-9-13-21-15(19)11-7-8-12-16(20)22-17-14/h1-13H2,(H,17,18). The molecule has 0 atom stereocenters. The predicted molar refractivity (Wildman–Crippen MR) is 80.6 cm³/mol. The van der Waals surface area contributed by atoms with E-state index in [1.165, 1.54) is 0 Å². The maximum atomic E-state index is 11.5. The molecule has 1 N–H and O–H groups in total. The van der Waals surface area contributed by atoms with E-state index < -0.39 is 5.97 Å². The van der Waals surface area contributed by atoms with Crippen LogP contribution in [-0.4, -0.2) is 24.5 Å². The number of nitrogens with one attached hydrogen (secondary N) is 1. The Morgan fingerprint density at radius 3 is 1.91 bits per heavy atom. The van der Waals surface area contributed by atoms with E-state index in [-0.39, 0.29) is 18.3 Å². The van der Waals surface area contributed by atoms with Crippen molar-refractivity contribution in [3.63, 3.8) is 0 Å². The van der Waals surface area contributed by atoms with E-state index in [1.807, 2.05) is 0 Å². The van der Waals surface area contributed by atoms with Crippen molar-refractivity contribution in [2.45, 2.75) is 77.0 Å². The molecule has 0 spiro atoms. The van der Waals surface area contributed by atoms with Crippen molar-refractivity contribution in [1.82, 2.24) is 5.48 Å². The fourth-order valence-electron chi connectivity index (χ4n) is 2.28. The van der Waals surface area contributed by atoms with Gasteiger partial charge < -0.3 is 9.57 Å². The molecule has 1 saturated heterocycles. The van der Waals surface area contributed by atoms with Crippen molar-refractivity contribution in [3.8, 4) is 0 Å². The van der Waals surface area contributed by atoms with Gasteiger partial charge in [-0.3, -0.25) is 9.59 Å². The highest BCUT2D eigenvalue weighted by molar-refractivity contribution is 5.77. The minimum atomic E-state index is -0.473. The van der Waals surface area contributed by atoms with Crippen LogP contribution in [0.15, 0.2) is 0 Å². The average Bonchev–Trinajstić information content (AvgIpc) is 2.50. The van der Waals surface area contributed by atoms with Crippen LogP contribution >= 0.6 is 0 Å². The highest BCUT2D eigenvalue weighted by atomic mass is 16.7. The first kappa shape index (κ1) is 18.5. The van der Waals surface area contributed by atoms with E-state index in [0.717, 1.165) is 44.9 Å². The third kappa shape index (κ3) is 10.2. The van der Waals surface area contributed by atoms with E-state index in [4.69, 9.17) is 9.57 Å². The molecular weight excluding hydrogens is 286 g/mol. The minimum absolute atomic E-state index is 0.188. The molecule has 1 amide bonds. The van der Waals surface area contributed by atoms with Crippen LogP contribution < -0.4 is 5.48 Å². The Labute approximate surface area is 131 Å². The van der Waals surface area contributed by atoms with Gasteiger partial charge in [0, 0.05) is 19.3 Å². The summed E-state index contributed by atoms with van der Waals surface area (Å²) in [4.78, 5) is 39.0. The summed E-state index contributed by atoms with van der Waals surface area (Å²) in [6.45, 7) is 0.485. The smallest absolute Gasteiger partial charge is 0.332 e. The zero-order valence-electron chi connectivity index (χ0n) is 13.2. The lowest BCUT2D eigenvalue weighted by Crippen LogP contribution is -2.26. The normalized spacial score (nSPS) is 21.5. The molecule has 0 aromatic carbocycles. The van der Waals surface area contributed by atoms with Gasteiger partial charge in [-0.15, -0.1) is 0 Å². The molecule has 6 nitrogen and oxygen atoms in total. The van der Waals surface area contributed by atoms with Crippen molar-refractivity contribution in [2.24, 2.45) is 0 Å². The number of cyclic esters (lactones) is 1. The number of hydroxylamine groups is 1. The highest BCUT2D eigenvalue weighted by Crippen LogP contribution is 2.09. The Balaban J connectivity index is 2.29. The van der Waals surface area contributed by atoms with Crippen LogP contribution in [-0.2, 0) is 24.0 Å². The van der Waals surface area contributed by atoms with Crippen LogP contribution in [0.4, 0.5) is 0 Å². The zero-order valence-corrected chi connectivity index (χ0v) is 13.2. The summed E-state index contributed by atoms with van der Waals surface area (Å²) in [6.07, 6.45) is 9.14. The first-order valence-corrected chi connectivity index (χ1v) is 8.32. The molecule has 6 heteroatoms. The van der Waals surface area contributed by atoms with Gasteiger partial charge in [-0.25, -0.2) is 4.79 Å². The largest absolute Gasteiger partial charge is 0.466 e. The molecule has 1 rings (SSSR count). The number of rotatable bonds is 0. The fraction of sp³-hybridized carbons (Fsp3) is 0.812. The number of hydrogen-bond donors (Lipinski definition) is 1. The van der Waals surface area contributed by atoms with E-state index in [0.29, 0.717) is 32.3 Å². The number of carbonyl (C=O) groups is 3. The van der Waals surface area contributed by atoms with Crippen LogP contribution in [0, 0.1) is 0 Å². The molecule has 1 aliphatic rings. The predicted octanol–water partition coefficient (Wildman–Crippen LogP) is 2.80. The molecule has 0 unspecified atom stereocenters. The molecule has 0 bridgehead atoms. The van der Waals surface area contributed by atoms with Crippen molar-refractivity contribution in [2.75, 3.05) is 6.61 Å². The second kappa shape index (κ2) is 12.0. The molecule has 1 fully saturated rings. The molecular formula is C16H27NO5. The summed E-state index contributed by atoms with van der Waals surface area (Å²) in [5, 5.41) is 0. The summed E-state index contributed by atoms with van der Waals surface area (Å²) in [5.74, 6) is -0.936. The van der Waals surface area contributed by atoms with Crippen LogP contribution in [0.5, 0.6) is 0 Å². The van der Waals surface area contributed by atoms with Crippen LogP contribution in [0.2, 0.25) is 0 Å². The SMILES string of the molecule is O=C1CCCCCCCCCOC(=O)CCCCC(=O)ON1. The second-order valence-corrected chi connectivity index (χ2v) is 5.65. The number of ether oxygens (including phenoxy) is 1. The number of amides is 1. The molecule has 0 aliphatic carbocycles. The highest BCUT2D eigenvalue weighted by Gasteiger charge is 2.09. The summed E-state index contributed by atoms with van der Waals surface area (Å²) < 4.78 is 5.14. The second-order valence-electron chi connectivity index (χ2n) is 5.65. The average molecular weight is 313 g/mol. The minimum Gasteiger partial charge on any atom is -0.466 e. The topological polar surface area (TPSA) is 81.7 Å². The molecule has 22 heavy (non-hydrogen) atoms. The zero-order chi connectivity index (χ0) is 16.0. The lowest BCUT2D eigenvalue weighted by molar-refractivity contribution is -0.158. The Morgan fingerprint density at radius 2 is 1.18 bits per heavy atom. The Hall–Kier alpha value is -1.59. The quantitative estimate of drug-likeness (QED) is 0.695. The molecule has 1 heterocycles. The van der Waals surface area contributed by atoms with Gasteiger partial charge in [0.15, 0.2) is 0 Å². The Morgan fingerprint density at radius 1 is 0.636 bits per heavy atom. The van der Waals surface area contributed by atoms with Gasteiger partial charge in [0.05, 0.1) is 6.61 Å². The number of carbonyl (C=O) groups excluding carboxylic acids is 3. The summed E-state index contributed by atoms with van der Waals surface area (Å²) >= 11 is 0. The maximum Gasteiger partial charge on any atom is 0.332 e. The van der Waals surface area contributed by atoms with Gasteiger partial charge in [0.2, 0.25) is 0 Å². The molecule has 0 aromatic rings. The Kier molecular flexibility index (Phi) is 10.1. The first-order chi connectivity index (χ1) is 10.7. The summed E-state index contributed by atoms with van der Waals surface area (Å²) in [7, 11) is 0. The maximum absolute atomic E-state index is 11.5. The summed E-state index contributed by atoms with van der Waals surface area (Å²) in [5.41, 5.74) is 2.18. The molecule has 0 aromatic heterocycles. The Bertz CT molecular complexity index is 356. The molecule has 126 valence electrons. The van der Waals surface area contributed by atoms with Gasteiger partial charge in [-0.1, -0.05) is 32.1 Å². The molecule has 0 radical (unpaired) electrons. The van der Waals surface area contributed by atoms with Crippen molar-refractivity contribution in [3.05, 3.63) is 0 Å². The van der Waals surface area contributed by atoms with Gasteiger partial charge in [0.1, 0.15) is 0 Å². The third-order valence-electron chi connectivity index (χ3n) is 3.60. The van der Waals surface area contributed by atoms with E-state index in [2.05, 4.69) is 5.48 Å². The number of hydrogen-bond acceptors (Lipinski definition) is 5. The monoisotopic (exact) mass is 313 g/mol. The first-order valence-electron chi connectivity index (χ1n) is 8.32. The van der Waals surface area contributed by atoms with Crippen molar-refractivity contribution in [1.29, 1.82) is 0 Å². The number of esters is 1. The molecule has 1 aliphatic heterocycles. The third-order valence-corrected chi connectivity index (χ3v) is 3.60. The van der Waals surface area contributed by atoms with E-state index in [9.17, 15) is 14.4 Å². The lowest BCUT2D eigenvalue weighted by atomic mass is 10.1. The van der Waals surface area contributed by atoms with Crippen LogP contribution in [0.1, 0.15) is 77.0 Å². The lowest BCUT2D eigenvalue weighted by Gasteiger charge is -2.05. The summed E-state index contributed by atoms with van der Waals surface area (Å²) in [6, 6.07) is 0. The van der Waals surface area contributed by atoms with Crippen LogP contribution in [0.25, 0.3) is 0 Å².